The van der Waals surface area contributed by atoms with Crippen molar-refractivity contribution in [1.29, 1.82) is 0 Å². The lowest BCUT2D eigenvalue weighted by Crippen LogP contribution is -2.38. The van der Waals surface area contributed by atoms with Gasteiger partial charge in [0.25, 0.3) is 0 Å². The van der Waals surface area contributed by atoms with Gasteiger partial charge in [0, 0.05) is 31.1 Å². The van der Waals surface area contributed by atoms with Gasteiger partial charge in [-0.3, -0.25) is 0 Å². The predicted octanol–water partition coefficient (Wildman–Crippen LogP) is -0.0343. The number of fused-ring (bicyclic) bond motifs is 1. The lowest BCUT2D eigenvalue weighted by molar-refractivity contribution is -0.614. The maximum atomic E-state index is 11.2. The summed E-state index contributed by atoms with van der Waals surface area (Å²) < 4.78 is 0.968. The Morgan fingerprint density at radius 3 is 3.27 bits per heavy atom. The maximum absolute atomic E-state index is 11.2. The van der Waals surface area contributed by atoms with Crippen LogP contribution in [0.3, 0.4) is 0 Å². The summed E-state index contributed by atoms with van der Waals surface area (Å²) in [6, 6.07) is 3.79. The molecule has 0 amide bonds. The van der Waals surface area contributed by atoms with Crippen molar-refractivity contribution >= 4 is 0 Å². The minimum atomic E-state index is 0.832. The molecule has 0 saturated heterocycles. The molecule has 1 aliphatic rings. The molecule has 0 unspecified atom stereocenters. The Balaban J connectivity index is 2.49. The predicted molar refractivity (Wildman–Crippen MR) is 40.8 cm³/mol. The van der Waals surface area contributed by atoms with E-state index in [4.69, 9.17) is 0 Å². The van der Waals surface area contributed by atoms with Crippen molar-refractivity contribution in [3.05, 3.63) is 34.8 Å². The summed E-state index contributed by atoms with van der Waals surface area (Å²) in [4.78, 5) is 0. The van der Waals surface area contributed by atoms with E-state index in [0.29, 0.717) is 0 Å². The van der Waals surface area contributed by atoms with E-state index >= 15 is 0 Å². The van der Waals surface area contributed by atoms with E-state index in [0.717, 1.165) is 35.5 Å². The summed E-state index contributed by atoms with van der Waals surface area (Å²) in [7, 11) is 0. The van der Waals surface area contributed by atoms with Crippen LogP contribution in [0.4, 0.5) is 0 Å². The van der Waals surface area contributed by atoms with Gasteiger partial charge in [-0.2, -0.15) is 4.73 Å². The van der Waals surface area contributed by atoms with Crippen molar-refractivity contribution in [2.24, 2.45) is 0 Å². The van der Waals surface area contributed by atoms with Crippen LogP contribution in [0.25, 0.3) is 0 Å². The largest absolute Gasteiger partial charge is 0.618 e. The third-order valence-electron chi connectivity index (χ3n) is 2.01. The van der Waals surface area contributed by atoms with E-state index in [2.05, 4.69) is 5.32 Å². The molecule has 2 rings (SSSR count). The highest BCUT2D eigenvalue weighted by Crippen LogP contribution is 2.07. The zero-order valence-electron chi connectivity index (χ0n) is 6.21. The van der Waals surface area contributed by atoms with Gasteiger partial charge in [-0.05, 0) is 6.07 Å². The molecule has 1 aromatic rings. The molecule has 3 nitrogen and oxygen atoms in total. The second-order valence-corrected chi connectivity index (χ2v) is 2.73. The Kier molecular flexibility index (Phi) is 1.51. The van der Waals surface area contributed by atoms with E-state index in [1.165, 1.54) is 0 Å². The average Bonchev–Trinajstić information content (AvgIpc) is 2.06. The molecule has 1 aromatic heterocycles. The standard InChI is InChI=1S/C8H10N2O/c11-10-5-1-2-7-6-9-4-3-8(7)10/h1-2,5,9H,3-4,6H2. The number of hydrogen-bond acceptors (Lipinski definition) is 2. The van der Waals surface area contributed by atoms with Crippen LogP contribution in [-0.2, 0) is 13.0 Å². The number of aromatic nitrogens is 1. The van der Waals surface area contributed by atoms with Crippen LogP contribution in [0.1, 0.15) is 11.3 Å². The molecule has 0 bridgehead atoms. The smallest absolute Gasteiger partial charge is 0.198 e. The van der Waals surface area contributed by atoms with Crippen LogP contribution in [0, 0.1) is 5.21 Å². The quantitative estimate of drug-likeness (QED) is 0.416. The number of nitrogens with zero attached hydrogens (tertiary/aromatic N) is 1. The normalized spacial score (nSPS) is 16.0. The number of pyridine rings is 1. The molecule has 58 valence electrons. The van der Waals surface area contributed by atoms with Crippen molar-refractivity contribution < 1.29 is 4.73 Å². The third kappa shape index (κ3) is 1.07. The maximum Gasteiger partial charge on any atom is 0.198 e. The molecule has 0 fully saturated rings. The molecule has 3 heteroatoms. The molecule has 0 spiro atoms. The van der Waals surface area contributed by atoms with Gasteiger partial charge < -0.3 is 10.5 Å². The second kappa shape index (κ2) is 2.51. The zero-order chi connectivity index (χ0) is 7.68. The molecular weight excluding hydrogens is 140 g/mol. The van der Waals surface area contributed by atoms with E-state index in [1.807, 2.05) is 6.07 Å². The van der Waals surface area contributed by atoms with Crippen LogP contribution < -0.4 is 10.0 Å². The van der Waals surface area contributed by atoms with Crippen molar-refractivity contribution in [2.75, 3.05) is 6.54 Å². The molecular formula is C8H10N2O. The van der Waals surface area contributed by atoms with Gasteiger partial charge in [0.1, 0.15) is 0 Å². The topological polar surface area (TPSA) is 39.0 Å². The lowest BCUT2D eigenvalue weighted by Gasteiger charge is -2.14. The van der Waals surface area contributed by atoms with Crippen molar-refractivity contribution in [3.63, 3.8) is 0 Å². The van der Waals surface area contributed by atoms with Crippen molar-refractivity contribution in [2.45, 2.75) is 13.0 Å². The highest BCUT2D eigenvalue weighted by atomic mass is 16.5. The van der Waals surface area contributed by atoms with Gasteiger partial charge in [0.2, 0.25) is 0 Å². The first-order valence-electron chi connectivity index (χ1n) is 3.78. The summed E-state index contributed by atoms with van der Waals surface area (Å²) in [6.07, 6.45) is 2.41. The number of nitrogens with one attached hydrogen (secondary N) is 1. The Bertz CT molecular complexity index is 273. The Labute approximate surface area is 65.2 Å². The fraction of sp³-hybridized carbons (Fsp3) is 0.375. The molecule has 2 heterocycles. The zero-order valence-corrected chi connectivity index (χ0v) is 6.21. The first-order chi connectivity index (χ1) is 5.38. The monoisotopic (exact) mass is 150 g/mol. The summed E-state index contributed by atoms with van der Waals surface area (Å²) in [6.45, 7) is 1.75. The highest BCUT2D eigenvalue weighted by Gasteiger charge is 2.14. The van der Waals surface area contributed by atoms with Gasteiger partial charge in [-0.1, -0.05) is 0 Å². The molecule has 0 aromatic carbocycles. The van der Waals surface area contributed by atoms with E-state index in [9.17, 15) is 5.21 Å². The molecule has 0 aliphatic carbocycles. The Hall–Kier alpha value is -1.09. The van der Waals surface area contributed by atoms with Crippen molar-refractivity contribution in [1.82, 2.24) is 5.32 Å². The molecule has 11 heavy (non-hydrogen) atoms. The average molecular weight is 150 g/mol. The SMILES string of the molecule is [O-][n+]1cccc2c1CCNC2. The van der Waals surface area contributed by atoms with Crippen LogP contribution >= 0.6 is 0 Å². The van der Waals surface area contributed by atoms with Crippen LogP contribution in [0.2, 0.25) is 0 Å². The minimum absolute atomic E-state index is 0.832. The Morgan fingerprint density at radius 2 is 2.45 bits per heavy atom. The van der Waals surface area contributed by atoms with Gasteiger partial charge in [0.05, 0.1) is 0 Å². The van der Waals surface area contributed by atoms with Crippen molar-refractivity contribution in [3.8, 4) is 0 Å². The fourth-order valence-corrected chi connectivity index (χ4v) is 1.43. The van der Waals surface area contributed by atoms with E-state index in [-0.39, 0.29) is 0 Å². The Morgan fingerprint density at radius 1 is 1.55 bits per heavy atom. The summed E-state index contributed by atoms with van der Waals surface area (Å²) in [5.74, 6) is 0. The summed E-state index contributed by atoms with van der Waals surface area (Å²) in [5, 5.41) is 14.4. The molecule has 1 N–H and O–H groups in total. The lowest BCUT2D eigenvalue weighted by atomic mass is 10.1. The molecule has 0 atom stereocenters. The van der Waals surface area contributed by atoms with Gasteiger partial charge in [-0.25, -0.2) is 0 Å². The third-order valence-corrected chi connectivity index (χ3v) is 2.01. The number of hydrogen-bond donors (Lipinski definition) is 1. The summed E-state index contributed by atoms with van der Waals surface area (Å²) >= 11 is 0. The van der Waals surface area contributed by atoms with Crippen LogP contribution in [0.15, 0.2) is 18.3 Å². The molecule has 0 saturated carbocycles. The first kappa shape index (κ1) is 6.61. The second-order valence-electron chi connectivity index (χ2n) is 2.73. The highest BCUT2D eigenvalue weighted by molar-refractivity contribution is 5.18. The van der Waals surface area contributed by atoms with Gasteiger partial charge in [-0.15, -0.1) is 0 Å². The van der Waals surface area contributed by atoms with Gasteiger partial charge in [0.15, 0.2) is 11.9 Å². The number of rotatable bonds is 0. The molecule has 0 radical (unpaired) electrons. The molecule has 1 aliphatic heterocycles. The van der Waals surface area contributed by atoms with Gasteiger partial charge >= 0.3 is 0 Å². The van der Waals surface area contributed by atoms with Crippen LogP contribution in [0.5, 0.6) is 0 Å². The summed E-state index contributed by atoms with van der Waals surface area (Å²) in [5.41, 5.74) is 2.06. The van der Waals surface area contributed by atoms with Crippen LogP contribution in [-0.4, -0.2) is 6.54 Å². The minimum Gasteiger partial charge on any atom is -0.618 e. The van der Waals surface area contributed by atoms with E-state index in [1.54, 1.807) is 12.3 Å². The fourth-order valence-electron chi connectivity index (χ4n) is 1.43. The van der Waals surface area contributed by atoms with E-state index < -0.39 is 0 Å². The first-order valence-corrected chi connectivity index (χ1v) is 3.78.